The Morgan fingerprint density at radius 2 is 1.79 bits per heavy atom. The van der Waals surface area contributed by atoms with E-state index in [1.807, 2.05) is 6.08 Å². The first-order valence-corrected chi connectivity index (χ1v) is 6.18. The van der Waals surface area contributed by atoms with Crippen molar-refractivity contribution in [3.05, 3.63) is 42.0 Å². The van der Waals surface area contributed by atoms with Gasteiger partial charge in [0.25, 0.3) is 0 Å². The molecule has 1 aromatic carbocycles. The molecule has 1 heteroatoms. The molecule has 0 saturated carbocycles. The van der Waals surface area contributed by atoms with E-state index < -0.39 is 0 Å². The van der Waals surface area contributed by atoms with Gasteiger partial charge in [-0.05, 0) is 22.4 Å². The Bertz CT molecular complexity index is 290. The summed E-state index contributed by atoms with van der Waals surface area (Å²) < 4.78 is 0. The lowest BCUT2D eigenvalue weighted by atomic mass is 10.1. The first kappa shape index (κ1) is 11.5. The lowest BCUT2D eigenvalue weighted by Gasteiger charge is -2.18. The van der Waals surface area contributed by atoms with Gasteiger partial charge in [-0.3, -0.25) is 0 Å². The van der Waals surface area contributed by atoms with Gasteiger partial charge in [0, 0.05) is 0 Å². The van der Waals surface area contributed by atoms with Crippen molar-refractivity contribution >= 4 is 14.7 Å². The standard InChI is InChI=1S/C13H19P/c1-5-11-6-8-12(9-7-11)10-14-13(2,3)4/h5-9,14H,1,10H2,2-4H3. The molecule has 76 valence electrons. The molecule has 0 spiro atoms. The van der Waals surface area contributed by atoms with Crippen LogP contribution in [-0.4, -0.2) is 5.16 Å². The van der Waals surface area contributed by atoms with Crippen LogP contribution in [0.2, 0.25) is 0 Å². The molecule has 0 saturated heterocycles. The minimum atomic E-state index is 0.455. The van der Waals surface area contributed by atoms with E-state index in [9.17, 15) is 0 Å². The van der Waals surface area contributed by atoms with Gasteiger partial charge in [-0.15, -0.1) is 8.58 Å². The molecule has 1 unspecified atom stereocenters. The molecule has 0 N–H and O–H groups in total. The summed E-state index contributed by atoms with van der Waals surface area (Å²) in [5.74, 6) is 0. The SMILES string of the molecule is C=Cc1ccc(CPC(C)(C)C)cc1. The normalized spacial score (nSPS) is 12.2. The molecule has 1 atom stereocenters. The fourth-order valence-corrected chi connectivity index (χ4v) is 2.11. The van der Waals surface area contributed by atoms with E-state index in [2.05, 4.69) is 51.6 Å². The second-order valence-corrected chi connectivity index (χ2v) is 6.76. The maximum absolute atomic E-state index is 3.75. The molecule has 0 aromatic heterocycles. The Balaban J connectivity index is 2.56. The summed E-state index contributed by atoms with van der Waals surface area (Å²) in [4.78, 5) is 0. The van der Waals surface area contributed by atoms with Gasteiger partial charge in [-0.1, -0.05) is 57.7 Å². The predicted molar refractivity (Wildman–Crippen MR) is 68.3 cm³/mol. The van der Waals surface area contributed by atoms with Crippen LogP contribution in [0.4, 0.5) is 0 Å². The summed E-state index contributed by atoms with van der Waals surface area (Å²) in [6, 6.07) is 8.68. The molecule has 1 aromatic rings. The summed E-state index contributed by atoms with van der Waals surface area (Å²) in [6.45, 7) is 10.6. The molecular formula is C13H19P. The average Bonchev–Trinajstić information content (AvgIpc) is 2.14. The lowest BCUT2D eigenvalue weighted by molar-refractivity contribution is 0.792. The van der Waals surface area contributed by atoms with Crippen LogP contribution in [0.1, 0.15) is 31.9 Å². The molecule has 0 bridgehead atoms. The molecule has 0 aliphatic rings. The van der Waals surface area contributed by atoms with Crippen molar-refractivity contribution < 1.29 is 0 Å². The zero-order valence-corrected chi connectivity index (χ0v) is 10.3. The van der Waals surface area contributed by atoms with Gasteiger partial charge >= 0.3 is 0 Å². The molecule has 0 aliphatic carbocycles. The molecule has 0 nitrogen and oxygen atoms in total. The highest BCUT2D eigenvalue weighted by Gasteiger charge is 2.09. The molecule has 0 heterocycles. The molecule has 0 aliphatic heterocycles. The van der Waals surface area contributed by atoms with Crippen LogP contribution in [0.5, 0.6) is 0 Å². The predicted octanol–water partition coefficient (Wildman–Crippen LogP) is 4.31. The lowest BCUT2D eigenvalue weighted by Crippen LogP contribution is -2.04. The van der Waals surface area contributed by atoms with Gasteiger partial charge in [0.05, 0.1) is 0 Å². The van der Waals surface area contributed by atoms with Gasteiger partial charge in [-0.25, -0.2) is 0 Å². The fraction of sp³-hybridized carbons (Fsp3) is 0.385. The summed E-state index contributed by atoms with van der Waals surface area (Å²) in [5, 5.41) is 0.455. The first-order chi connectivity index (χ1) is 6.51. The van der Waals surface area contributed by atoms with Crippen molar-refractivity contribution in [2.75, 3.05) is 0 Å². The summed E-state index contributed by atoms with van der Waals surface area (Å²) in [6.07, 6.45) is 3.08. The minimum Gasteiger partial charge on any atom is -0.112 e. The molecular weight excluding hydrogens is 187 g/mol. The topological polar surface area (TPSA) is 0 Å². The van der Waals surface area contributed by atoms with Crippen LogP contribution >= 0.6 is 8.58 Å². The second kappa shape index (κ2) is 4.75. The van der Waals surface area contributed by atoms with Gasteiger partial charge < -0.3 is 0 Å². The third kappa shape index (κ3) is 4.07. The van der Waals surface area contributed by atoms with Crippen LogP contribution in [0.3, 0.4) is 0 Å². The Labute approximate surface area is 89.2 Å². The largest absolute Gasteiger partial charge is 0.112 e. The maximum atomic E-state index is 3.75. The van der Waals surface area contributed by atoms with E-state index in [1.54, 1.807) is 0 Å². The second-order valence-electron chi connectivity index (χ2n) is 4.55. The summed E-state index contributed by atoms with van der Waals surface area (Å²) in [7, 11) is 0.991. The Morgan fingerprint density at radius 1 is 1.21 bits per heavy atom. The van der Waals surface area contributed by atoms with E-state index in [1.165, 1.54) is 17.3 Å². The monoisotopic (exact) mass is 206 g/mol. The molecule has 0 fully saturated rings. The van der Waals surface area contributed by atoms with Crippen LogP contribution in [-0.2, 0) is 6.16 Å². The number of hydrogen-bond donors (Lipinski definition) is 0. The van der Waals surface area contributed by atoms with Gasteiger partial charge in [0.1, 0.15) is 0 Å². The van der Waals surface area contributed by atoms with E-state index in [0.717, 1.165) is 8.58 Å². The Morgan fingerprint density at radius 3 is 2.21 bits per heavy atom. The van der Waals surface area contributed by atoms with E-state index in [0.29, 0.717) is 5.16 Å². The van der Waals surface area contributed by atoms with Crippen LogP contribution in [0.15, 0.2) is 30.8 Å². The van der Waals surface area contributed by atoms with Crippen molar-refractivity contribution in [1.82, 2.24) is 0 Å². The quantitative estimate of drug-likeness (QED) is 0.646. The zero-order chi connectivity index (χ0) is 10.6. The summed E-state index contributed by atoms with van der Waals surface area (Å²) >= 11 is 0. The van der Waals surface area contributed by atoms with Crippen molar-refractivity contribution in [1.29, 1.82) is 0 Å². The molecule has 14 heavy (non-hydrogen) atoms. The third-order valence-electron chi connectivity index (χ3n) is 2.04. The van der Waals surface area contributed by atoms with Crippen LogP contribution in [0, 0.1) is 0 Å². The number of hydrogen-bond acceptors (Lipinski definition) is 0. The highest BCUT2D eigenvalue weighted by molar-refractivity contribution is 7.39. The van der Waals surface area contributed by atoms with Gasteiger partial charge in [-0.2, -0.15) is 0 Å². The van der Waals surface area contributed by atoms with Crippen molar-refractivity contribution in [3.63, 3.8) is 0 Å². The molecule has 0 amide bonds. The zero-order valence-electron chi connectivity index (χ0n) is 9.30. The van der Waals surface area contributed by atoms with E-state index in [4.69, 9.17) is 0 Å². The molecule has 1 rings (SSSR count). The van der Waals surface area contributed by atoms with Gasteiger partial charge in [0.2, 0.25) is 0 Å². The smallest absolute Gasteiger partial charge is 0.00959 e. The van der Waals surface area contributed by atoms with Crippen molar-refractivity contribution in [2.45, 2.75) is 32.1 Å². The van der Waals surface area contributed by atoms with Gasteiger partial charge in [0.15, 0.2) is 0 Å². The Hall–Kier alpha value is -0.610. The highest BCUT2D eigenvalue weighted by atomic mass is 31.1. The molecule has 0 radical (unpaired) electrons. The Kier molecular flexibility index (Phi) is 3.89. The fourth-order valence-electron chi connectivity index (χ4n) is 1.14. The average molecular weight is 206 g/mol. The maximum Gasteiger partial charge on any atom is -0.00959 e. The van der Waals surface area contributed by atoms with Crippen molar-refractivity contribution in [3.8, 4) is 0 Å². The van der Waals surface area contributed by atoms with E-state index in [-0.39, 0.29) is 0 Å². The minimum absolute atomic E-state index is 0.455. The highest BCUT2D eigenvalue weighted by Crippen LogP contribution is 2.33. The van der Waals surface area contributed by atoms with E-state index >= 15 is 0 Å². The summed E-state index contributed by atoms with van der Waals surface area (Å²) in [5.41, 5.74) is 2.64. The number of rotatable bonds is 3. The third-order valence-corrected chi connectivity index (χ3v) is 3.68. The van der Waals surface area contributed by atoms with Crippen LogP contribution in [0.25, 0.3) is 6.08 Å². The van der Waals surface area contributed by atoms with Crippen LogP contribution < -0.4 is 0 Å². The van der Waals surface area contributed by atoms with Crippen molar-refractivity contribution in [2.24, 2.45) is 0 Å². The number of benzene rings is 1. The first-order valence-electron chi connectivity index (χ1n) is 4.98.